The molecule has 0 saturated carbocycles. The van der Waals surface area contributed by atoms with E-state index in [1.54, 1.807) is 18.3 Å². The summed E-state index contributed by atoms with van der Waals surface area (Å²) in [6.07, 6.45) is 4.78. The van der Waals surface area contributed by atoms with E-state index in [1.165, 1.54) is 6.20 Å². The Bertz CT molecular complexity index is 2110. The number of rotatable bonds is 17. The van der Waals surface area contributed by atoms with Gasteiger partial charge in [-0.25, -0.2) is 0 Å². The number of nitrogens with zero attached hydrogens (tertiary/aromatic N) is 3. The van der Waals surface area contributed by atoms with Crippen molar-refractivity contribution in [2.24, 2.45) is 0 Å². The molecule has 3 N–H and O–H groups in total. The molecule has 0 amide bonds. The van der Waals surface area contributed by atoms with Crippen molar-refractivity contribution >= 4 is 11.6 Å². The van der Waals surface area contributed by atoms with Gasteiger partial charge in [0.2, 0.25) is 0 Å². The Hall–Kier alpha value is -4.95. The molecule has 1 fully saturated rings. The number of aliphatic hydroxyl groups excluding tert-OH is 1. The minimum Gasteiger partial charge on any atom is -0.493 e. The normalized spacial score (nSPS) is 16.1. The number of hydrogen-bond acceptors (Lipinski definition) is 9. The zero-order valence-corrected chi connectivity index (χ0v) is 32.5. The smallest absolute Gasteiger partial charge is 0.142 e. The number of aliphatic hydroxyl groups is 2. The average Bonchev–Trinajstić information content (AvgIpc) is 3.60. The Morgan fingerprint density at radius 2 is 1.65 bits per heavy atom. The maximum Gasteiger partial charge on any atom is 0.142 e. The summed E-state index contributed by atoms with van der Waals surface area (Å²) < 4.78 is 18.9. The maximum atomic E-state index is 11.2. The van der Waals surface area contributed by atoms with Gasteiger partial charge in [-0.1, -0.05) is 72.3 Å². The first kappa shape index (κ1) is 39.7. The molecule has 2 atom stereocenters. The van der Waals surface area contributed by atoms with Gasteiger partial charge in [-0.15, -0.1) is 0 Å². The summed E-state index contributed by atoms with van der Waals surface area (Å²) in [5.41, 5.74) is 7.61. The highest BCUT2D eigenvalue weighted by Gasteiger charge is 2.37. The van der Waals surface area contributed by atoms with E-state index in [0.717, 1.165) is 76.2 Å². The van der Waals surface area contributed by atoms with E-state index in [-0.39, 0.29) is 25.9 Å². The minimum atomic E-state index is -0.790. The van der Waals surface area contributed by atoms with Crippen molar-refractivity contribution in [2.45, 2.75) is 65.0 Å². The third-order valence-electron chi connectivity index (χ3n) is 10.3. The zero-order chi connectivity index (χ0) is 38.8. The molecule has 0 aliphatic carbocycles. The van der Waals surface area contributed by atoms with Crippen molar-refractivity contribution in [3.63, 3.8) is 0 Å². The lowest BCUT2D eigenvalue weighted by Gasteiger charge is -2.24. The summed E-state index contributed by atoms with van der Waals surface area (Å²) >= 11 is 6.77. The van der Waals surface area contributed by atoms with Crippen molar-refractivity contribution in [1.29, 1.82) is 5.26 Å². The van der Waals surface area contributed by atoms with Crippen molar-refractivity contribution in [3.05, 3.63) is 141 Å². The first-order valence-electron chi connectivity index (χ1n) is 18.7. The van der Waals surface area contributed by atoms with Crippen LogP contribution in [0.25, 0.3) is 11.1 Å². The molecule has 55 heavy (non-hydrogen) atoms. The van der Waals surface area contributed by atoms with Crippen LogP contribution in [0, 0.1) is 25.2 Å². The Labute approximate surface area is 329 Å². The number of nitrogens with one attached hydrogen (secondary N) is 1. The van der Waals surface area contributed by atoms with Crippen LogP contribution in [-0.4, -0.2) is 59.0 Å². The molecule has 1 unspecified atom stereocenters. The largest absolute Gasteiger partial charge is 0.493 e. The second-order valence-electron chi connectivity index (χ2n) is 14.3. The van der Waals surface area contributed by atoms with Crippen LogP contribution in [0.5, 0.6) is 17.2 Å². The Kier molecular flexibility index (Phi) is 13.4. The average molecular weight is 761 g/mol. The lowest BCUT2D eigenvalue weighted by molar-refractivity contribution is 0.0456. The van der Waals surface area contributed by atoms with Crippen LogP contribution in [0.3, 0.4) is 0 Å². The topological polar surface area (TPSA) is 120 Å². The van der Waals surface area contributed by atoms with Crippen molar-refractivity contribution in [1.82, 2.24) is 15.2 Å². The molecule has 2 heterocycles. The molecule has 4 aromatic carbocycles. The van der Waals surface area contributed by atoms with Gasteiger partial charge in [0, 0.05) is 61.8 Å². The summed E-state index contributed by atoms with van der Waals surface area (Å²) in [6.45, 7) is 9.95. The number of benzene rings is 4. The van der Waals surface area contributed by atoms with E-state index in [1.807, 2.05) is 61.5 Å². The Morgan fingerprint density at radius 3 is 2.44 bits per heavy atom. The highest BCUT2D eigenvalue weighted by atomic mass is 35.5. The van der Waals surface area contributed by atoms with Crippen molar-refractivity contribution in [2.75, 3.05) is 32.8 Å². The zero-order valence-electron chi connectivity index (χ0n) is 31.7. The molecule has 286 valence electrons. The number of ether oxygens (including phenoxy) is 3. The highest BCUT2D eigenvalue weighted by Crippen LogP contribution is 2.37. The second-order valence-corrected chi connectivity index (χ2v) is 14.7. The van der Waals surface area contributed by atoms with Crippen molar-refractivity contribution < 1.29 is 24.4 Å². The molecular weight excluding hydrogens is 712 g/mol. The van der Waals surface area contributed by atoms with Gasteiger partial charge in [0.1, 0.15) is 42.1 Å². The number of aromatic nitrogens is 1. The molecule has 1 aliphatic heterocycles. The molecule has 1 aliphatic rings. The van der Waals surface area contributed by atoms with Gasteiger partial charge in [-0.2, -0.15) is 5.26 Å². The van der Waals surface area contributed by atoms with Gasteiger partial charge in [0.15, 0.2) is 0 Å². The van der Waals surface area contributed by atoms with E-state index >= 15 is 0 Å². The van der Waals surface area contributed by atoms with E-state index in [0.29, 0.717) is 41.8 Å². The van der Waals surface area contributed by atoms with E-state index in [2.05, 4.69) is 53.3 Å². The number of pyridine rings is 1. The van der Waals surface area contributed by atoms with Gasteiger partial charge >= 0.3 is 0 Å². The highest BCUT2D eigenvalue weighted by molar-refractivity contribution is 6.32. The molecule has 6 rings (SSSR count). The third kappa shape index (κ3) is 10.0. The first-order chi connectivity index (χ1) is 26.7. The van der Waals surface area contributed by atoms with Gasteiger partial charge in [0.25, 0.3) is 0 Å². The summed E-state index contributed by atoms with van der Waals surface area (Å²) in [4.78, 5) is 6.46. The quantitative estimate of drug-likeness (QED) is 0.0814. The van der Waals surface area contributed by atoms with Gasteiger partial charge in [-0.3, -0.25) is 9.88 Å². The third-order valence-corrected chi connectivity index (χ3v) is 10.6. The lowest BCUT2D eigenvalue weighted by atomic mass is 9.93. The summed E-state index contributed by atoms with van der Waals surface area (Å²) in [5, 5.41) is 33.8. The molecule has 0 spiro atoms. The number of likely N-dealkylation sites (tertiary alicyclic amines) is 1. The molecule has 10 heteroatoms. The first-order valence-corrected chi connectivity index (χ1v) is 19.1. The van der Waals surface area contributed by atoms with Crippen molar-refractivity contribution in [3.8, 4) is 34.4 Å². The van der Waals surface area contributed by atoms with Crippen LogP contribution in [0.4, 0.5) is 0 Å². The number of β-amino-alcohol motifs (C(OH)–C–C–N with tert-alkyl or cyclic N) is 1. The molecule has 1 aromatic heterocycles. The SMILES string of the molecule is Cc1c(COc2cc(OCc3cncc(C#N)c3)c(CN[C@@H](C)CO)cc2Cl)cccc1-c1cccc(OCCCN2CCC(O)(c3ccccc3)C2)c1C. The molecule has 5 aromatic rings. The van der Waals surface area contributed by atoms with E-state index in [9.17, 15) is 15.5 Å². The van der Waals surface area contributed by atoms with Crippen LogP contribution in [0.15, 0.2) is 97.3 Å². The fourth-order valence-electron chi connectivity index (χ4n) is 6.96. The van der Waals surface area contributed by atoms with E-state index < -0.39 is 5.60 Å². The number of hydrogen-bond donors (Lipinski definition) is 3. The van der Waals surface area contributed by atoms with Crippen LogP contribution in [-0.2, 0) is 25.4 Å². The molecule has 0 radical (unpaired) electrons. The van der Waals surface area contributed by atoms with Crippen LogP contribution < -0.4 is 19.5 Å². The van der Waals surface area contributed by atoms with Crippen LogP contribution in [0.1, 0.15) is 58.7 Å². The Balaban J connectivity index is 1.10. The fourth-order valence-corrected chi connectivity index (χ4v) is 7.20. The van der Waals surface area contributed by atoms with Gasteiger partial charge < -0.3 is 29.7 Å². The Morgan fingerprint density at radius 1 is 0.891 bits per heavy atom. The fraction of sp³-hybridized carbons (Fsp3) is 0.333. The molecule has 9 nitrogen and oxygen atoms in total. The molecule has 0 bridgehead atoms. The summed E-state index contributed by atoms with van der Waals surface area (Å²) in [6, 6.07) is 29.7. The minimum absolute atomic E-state index is 0.00559. The predicted octanol–water partition coefficient (Wildman–Crippen LogP) is 7.88. The summed E-state index contributed by atoms with van der Waals surface area (Å²) in [5.74, 6) is 1.92. The number of halogens is 1. The van der Waals surface area contributed by atoms with Gasteiger partial charge in [0.05, 0.1) is 23.8 Å². The molecule has 1 saturated heterocycles. The maximum absolute atomic E-state index is 11.2. The van der Waals surface area contributed by atoms with Crippen LogP contribution in [0.2, 0.25) is 5.02 Å². The predicted molar refractivity (Wildman–Crippen MR) is 215 cm³/mol. The second kappa shape index (κ2) is 18.6. The summed E-state index contributed by atoms with van der Waals surface area (Å²) in [7, 11) is 0. The molecular formula is C45H49ClN4O5. The number of nitriles is 1. The lowest BCUT2D eigenvalue weighted by Crippen LogP contribution is -2.31. The van der Waals surface area contributed by atoms with Crippen LogP contribution >= 0.6 is 11.6 Å². The van der Waals surface area contributed by atoms with Gasteiger partial charge in [-0.05, 0) is 85.2 Å². The van der Waals surface area contributed by atoms with E-state index in [4.69, 9.17) is 25.8 Å². The standard InChI is InChI=1S/C45H49ClN4O5/c1-31(27-51)49-26-37-21-41(46)44(22-43(37)54-28-35-20-34(23-47)24-48-25-35)55-29-36-10-7-13-39(32(36)2)40-14-8-15-42(33(40)3)53-19-9-17-50-18-16-45(52,30-50)38-11-5-4-6-12-38/h4-8,10-15,20-22,24-25,31,49,51-52H,9,16-19,26-30H2,1-3H3/t31-,45?/m0/s1. The monoisotopic (exact) mass is 760 g/mol.